The van der Waals surface area contributed by atoms with Gasteiger partial charge in [-0.05, 0) is 31.9 Å². The molecule has 1 atom stereocenters. The number of aliphatic carboxylic acids is 1. The summed E-state index contributed by atoms with van der Waals surface area (Å²) in [5, 5.41) is 9.20. The highest BCUT2D eigenvalue weighted by molar-refractivity contribution is 5.74. The molecule has 1 N–H and O–H groups in total. The van der Waals surface area contributed by atoms with Crippen LogP contribution in [0.2, 0.25) is 0 Å². The van der Waals surface area contributed by atoms with Crippen LogP contribution in [0.5, 0.6) is 0 Å². The smallest absolute Gasteiger partial charge is 0.309 e. The molecule has 2 rings (SSSR count). The number of nitrogens with zero attached hydrogens (tertiary/aromatic N) is 1. The van der Waals surface area contributed by atoms with Gasteiger partial charge in [-0.2, -0.15) is 0 Å². The van der Waals surface area contributed by atoms with Gasteiger partial charge >= 0.3 is 5.97 Å². The van der Waals surface area contributed by atoms with E-state index in [1.165, 1.54) is 11.3 Å². The van der Waals surface area contributed by atoms with E-state index in [0.29, 0.717) is 12.3 Å². The van der Waals surface area contributed by atoms with E-state index in [1.54, 1.807) is 13.8 Å². The molecule has 1 aliphatic heterocycles. The van der Waals surface area contributed by atoms with Crippen LogP contribution in [0.25, 0.3) is 0 Å². The average Bonchev–Trinajstić information content (AvgIpc) is 2.56. The fraction of sp³-hybridized carbons (Fsp3) is 0.500. The summed E-state index contributed by atoms with van der Waals surface area (Å²) in [6.07, 6.45) is 0.684. The summed E-state index contributed by atoms with van der Waals surface area (Å²) in [5.74, 6) is -0.396. The highest BCUT2D eigenvalue weighted by atomic mass is 16.4. The lowest BCUT2D eigenvalue weighted by molar-refractivity contribution is -0.147. The second-order valence-electron chi connectivity index (χ2n) is 5.53. The first-order valence-electron chi connectivity index (χ1n) is 5.95. The average molecular weight is 233 g/mol. The predicted octanol–water partition coefficient (Wildman–Crippen LogP) is 2.72. The van der Waals surface area contributed by atoms with Crippen molar-refractivity contribution in [1.29, 1.82) is 0 Å². The van der Waals surface area contributed by atoms with Gasteiger partial charge in [-0.25, -0.2) is 0 Å². The van der Waals surface area contributed by atoms with Crippen molar-refractivity contribution in [3.63, 3.8) is 0 Å². The number of para-hydroxylation sites is 1. The van der Waals surface area contributed by atoms with E-state index >= 15 is 0 Å². The van der Waals surface area contributed by atoms with Crippen LogP contribution >= 0.6 is 0 Å². The molecule has 0 aliphatic carbocycles. The highest BCUT2D eigenvalue weighted by Gasteiger charge is 2.35. The third-order valence-electron chi connectivity index (χ3n) is 3.62. The molecular weight excluding hydrogens is 214 g/mol. The molecule has 3 heteroatoms. The number of benzene rings is 1. The first-order chi connectivity index (χ1) is 7.92. The standard InChI is InChI=1S/C14H19NO2/c1-14(2,13(16)17)8-10-9-15(3)12-7-5-4-6-11(10)12/h4-7,10H,8-9H2,1-3H3,(H,16,17). The molecule has 0 radical (unpaired) electrons. The summed E-state index contributed by atoms with van der Waals surface area (Å²) < 4.78 is 0. The summed E-state index contributed by atoms with van der Waals surface area (Å²) in [7, 11) is 2.06. The molecule has 0 bridgehead atoms. The molecule has 0 spiro atoms. The molecule has 1 aromatic rings. The van der Waals surface area contributed by atoms with Crippen LogP contribution in [-0.2, 0) is 4.79 Å². The van der Waals surface area contributed by atoms with Gasteiger partial charge < -0.3 is 10.0 Å². The summed E-state index contributed by atoms with van der Waals surface area (Å²) in [6, 6.07) is 8.27. The Hall–Kier alpha value is -1.51. The van der Waals surface area contributed by atoms with Gasteiger partial charge in [0.05, 0.1) is 5.41 Å². The number of hydrogen-bond donors (Lipinski definition) is 1. The molecule has 0 saturated carbocycles. The van der Waals surface area contributed by atoms with Crippen molar-refractivity contribution in [2.75, 3.05) is 18.5 Å². The Balaban J connectivity index is 2.24. The Bertz CT molecular complexity index is 440. The minimum atomic E-state index is -0.718. The van der Waals surface area contributed by atoms with E-state index in [4.69, 9.17) is 0 Å². The molecule has 0 amide bonds. The molecular formula is C14H19NO2. The van der Waals surface area contributed by atoms with E-state index in [2.05, 4.69) is 24.1 Å². The summed E-state index contributed by atoms with van der Waals surface area (Å²) in [5.41, 5.74) is 1.85. The van der Waals surface area contributed by atoms with Crippen LogP contribution in [0.1, 0.15) is 31.7 Å². The molecule has 1 unspecified atom stereocenters. The fourth-order valence-corrected chi connectivity index (χ4v) is 2.59. The SMILES string of the molecule is CN1CC(CC(C)(C)C(=O)O)c2ccccc21. The second kappa shape index (κ2) is 4.06. The number of carbonyl (C=O) groups is 1. The second-order valence-corrected chi connectivity index (χ2v) is 5.53. The minimum absolute atomic E-state index is 0.322. The van der Waals surface area contributed by atoms with Crippen molar-refractivity contribution in [3.05, 3.63) is 29.8 Å². The van der Waals surface area contributed by atoms with E-state index < -0.39 is 11.4 Å². The molecule has 0 fully saturated rings. The number of carboxylic acids is 1. The Kier molecular flexibility index (Phi) is 2.86. The maximum Gasteiger partial charge on any atom is 0.309 e. The van der Waals surface area contributed by atoms with Crippen LogP contribution in [0.4, 0.5) is 5.69 Å². The minimum Gasteiger partial charge on any atom is -0.481 e. The Morgan fingerprint density at radius 2 is 2.12 bits per heavy atom. The number of rotatable bonds is 3. The fourth-order valence-electron chi connectivity index (χ4n) is 2.59. The maximum absolute atomic E-state index is 11.2. The predicted molar refractivity (Wildman–Crippen MR) is 68.5 cm³/mol. The molecule has 92 valence electrons. The van der Waals surface area contributed by atoms with Crippen molar-refractivity contribution >= 4 is 11.7 Å². The first kappa shape index (κ1) is 12.0. The maximum atomic E-state index is 11.2. The molecule has 1 aromatic carbocycles. The van der Waals surface area contributed by atoms with E-state index in [1.807, 2.05) is 12.1 Å². The van der Waals surface area contributed by atoms with Gasteiger partial charge in [0.25, 0.3) is 0 Å². The number of carboxylic acid groups (broad SMARTS) is 1. The molecule has 1 heterocycles. The lowest BCUT2D eigenvalue weighted by atomic mass is 9.81. The number of hydrogen-bond acceptors (Lipinski definition) is 2. The van der Waals surface area contributed by atoms with Gasteiger partial charge in [-0.15, -0.1) is 0 Å². The van der Waals surface area contributed by atoms with Crippen molar-refractivity contribution in [3.8, 4) is 0 Å². The Morgan fingerprint density at radius 3 is 2.76 bits per heavy atom. The van der Waals surface area contributed by atoms with Crippen molar-refractivity contribution in [2.45, 2.75) is 26.2 Å². The van der Waals surface area contributed by atoms with E-state index in [9.17, 15) is 9.90 Å². The third kappa shape index (κ3) is 2.14. The first-order valence-corrected chi connectivity index (χ1v) is 5.95. The normalized spacial score (nSPS) is 19.2. The topological polar surface area (TPSA) is 40.5 Å². The Morgan fingerprint density at radius 1 is 1.47 bits per heavy atom. The molecule has 17 heavy (non-hydrogen) atoms. The zero-order chi connectivity index (χ0) is 12.6. The largest absolute Gasteiger partial charge is 0.481 e. The van der Waals surface area contributed by atoms with Gasteiger partial charge in [0.15, 0.2) is 0 Å². The quantitative estimate of drug-likeness (QED) is 0.872. The van der Waals surface area contributed by atoms with Crippen LogP contribution < -0.4 is 4.90 Å². The molecule has 1 aliphatic rings. The monoisotopic (exact) mass is 233 g/mol. The number of anilines is 1. The van der Waals surface area contributed by atoms with Gasteiger partial charge in [0.1, 0.15) is 0 Å². The van der Waals surface area contributed by atoms with Crippen molar-refractivity contribution in [2.24, 2.45) is 5.41 Å². The van der Waals surface area contributed by atoms with Crippen molar-refractivity contribution < 1.29 is 9.90 Å². The zero-order valence-electron chi connectivity index (χ0n) is 10.6. The lowest BCUT2D eigenvalue weighted by Crippen LogP contribution is -2.27. The van der Waals surface area contributed by atoms with Gasteiger partial charge in [-0.1, -0.05) is 18.2 Å². The highest BCUT2D eigenvalue weighted by Crippen LogP contribution is 2.41. The van der Waals surface area contributed by atoms with Crippen LogP contribution in [0.15, 0.2) is 24.3 Å². The molecule has 0 saturated heterocycles. The van der Waals surface area contributed by atoms with Crippen LogP contribution in [-0.4, -0.2) is 24.7 Å². The van der Waals surface area contributed by atoms with Gasteiger partial charge in [-0.3, -0.25) is 4.79 Å². The molecule has 3 nitrogen and oxygen atoms in total. The van der Waals surface area contributed by atoms with E-state index in [0.717, 1.165) is 6.54 Å². The Labute approximate surface area is 102 Å². The van der Waals surface area contributed by atoms with Gasteiger partial charge in [0.2, 0.25) is 0 Å². The zero-order valence-corrected chi connectivity index (χ0v) is 10.6. The number of fused-ring (bicyclic) bond motifs is 1. The summed E-state index contributed by atoms with van der Waals surface area (Å²) in [4.78, 5) is 13.4. The summed E-state index contributed by atoms with van der Waals surface area (Å²) >= 11 is 0. The van der Waals surface area contributed by atoms with Crippen LogP contribution in [0.3, 0.4) is 0 Å². The van der Waals surface area contributed by atoms with E-state index in [-0.39, 0.29) is 0 Å². The van der Waals surface area contributed by atoms with Gasteiger partial charge in [0, 0.05) is 25.2 Å². The molecule has 0 aromatic heterocycles. The van der Waals surface area contributed by atoms with Crippen LogP contribution in [0, 0.1) is 5.41 Å². The summed E-state index contributed by atoms with van der Waals surface area (Å²) in [6.45, 7) is 4.52. The van der Waals surface area contributed by atoms with Crippen molar-refractivity contribution in [1.82, 2.24) is 0 Å². The lowest BCUT2D eigenvalue weighted by Gasteiger charge is -2.23. The third-order valence-corrected chi connectivity index (χ3v) is 3.62. The number of likely N-dealkylation sites (N-methyl/N-ethyl adjacent to an activating group) is 1.